The van der Waals surface area contributed by atoms with E-state index in [1.54, 1.807) is 31.2 Å². The first-order valence-corrected chi connectivity index (χ1v) is 11.9. The highest BCUT2D eigenvalue weighted by Gasteiger charge is 2.52. The SMILES string of the molecule is COc1cccc(NC(=O)C2=C(C)NC3C(c4ccccc4)C(S(C)(=O)=O)NN3C2=O)c1. The predicted octanol–water partition coefficient (Wildman–Crippen LogP) is 1.34. The summed E-state index contributed by atoms with van der Waals surface area (Å²) in [5.41, 5.74) is 4.32. The molecule has 4 rings (SSSR count). The Morgan fingerprint density at radius 1 is 1.12 bits per heavy atom. The second-order valence-electron chi connectivity index (χ2n) is 7.77. The minimum atomic E-state index is -3.57. The molecule has 1 saturated heterocycles. The van der Waals surface area contributed by atoms with Crippen LogP contribution in [0.3, 0.4) is 0 Å². The van der Waals surface area contributed by atoms with Crippen molar-refractivity contribution in [3.63, 3.8) is 0 Å². The number of carbonyl (C=O) groups is 2. The Hall–Kier alpha value is -3.37. The quantitative estimate of drug-likeness (QED) is 0.581. The Kier molecular flexibility index (Phi) is 5.66. The van der Waals surface area contributed by atoms with Gasteiger partial charge in [0, 0.05) is 23.7 Å². The van der Waals surface area contributed by atoms with Crippen molar-refractivity contribution in [3.05, 3.63) is 71.4 Å². The van der Waals surface area contributed by atoms with Gasteiger partial charge in [-0.25, -0.2) is 18.9 Å². The fourth-order valence-electron chi connectivity index (χ4n) is 4.09. The Morgan fingerprint density at radius 2 is 1.84 bits per heavy atom. The molecule has 32 heavy (non-hydrogen) atoms. The number of allylic oxidation sites excluding steroid dienone is 1. The summed E-state index contributed by atoms with van der Waals surface area (Å²) < 4.78 is 30.2. The first-order chi connectivity index (χ1) is 15.2. The summed E-state index contributed by atoms with van der Waals surface area (Å²) in [6, 6.07) is 15.9. The van der Waals surface area contributed by atoms with Crippen LogP contribution in [0.2, 0.25) is 0 Å². The largest absolute Gasteiger partial charge is 0.497 e. The van der Waals surface area contributed by atoms with Gasteiger partial charge in [-0.3, -0.25) is 9.59 Å². The average molecular weight is 457 g/mol. The minimum absolute atomic E-state index is 0.0995. The number of amides is 2. The van der Waals surface area contributed by atoms with Gasteiger partial charge < -0.3 is 15.4 Å². The van der Waals surface area contributed by atoms with Gasteiger partial charge in [-0.2, -0.15) is 0 Å². The van der Waals surface area contributed by atoms with Crippen LogP contribution in [0.25, 0.3) is 0 Å². The van der Waals surface area contributed by atoms with Gasteiger partial charge >= 0.3 is 0 Å². The topological polar surface area (TPSA) is 117 Å². The molecule has 9 nitrogen and oxygen atoms in total. The van der Waals surface area contributed by atoms with E-state index in [1.165, 1.54) is 12.1 Å². The highest BCUT2D eigenvalue weighted by atomic mass is 32.2. The average Bonchev–Trinajstić information content (AvgIpc) is 3.14. The molecule has 168 valence electrons. The number of hydrazine groups is 1. The number of nitrogens with zero attached hydrogens (tertiary/aromatic N) is 1. The van der Waals surface area contributed by atoms with Crippen molar-refractivity contribution >= 4 is 27.3 Å². The maximum atomic E-state index is 13.3. The predicted molar refractivity (Wildman–Crippen MR) is 119 cm³/mol. The van der Waals surface area contributed by atoms with E-state index in [0.29, 0.717) is 17.1 Å². The summed E-state index contributed by atoms with van der Waals surface area (Å²) >= 11 is 0. The zero-order valence-electron chi connectivity index (χ0n) is 17.8. The molecule has 2 aromatic rings. The summed E-state index contributed by atoms with van der Waals surface area (Å²) in [7, 11) is -2.05. The van der Waals surface area contributed by atoms with Gasteiger partial charge in [0.2, 0.25) is 0 Å². The molecule has 2 aromatic carbocycles. The molecule has 3 unspecified atom stereocenters. The number of ether oxygens (including phenoxy) is 1. The van der Waals surface area contributed by atoms with Crippen LogP contribution in [0.1, 0.15) is 18.4 Å². The molecular formula is C22H24N4O5S. The highest BCUT2D eigenvalue weighted by molar-refractivity contribution is 7.91. The number of hydrogen-bond donors (Lipinski definition) is 3. The van der Waals surface area contributed by atoms with Crippen molar-refractivity contribution in [2.45, 2.75) is 24.4 Å². The number of sulfone groups is 1. The number of carbonyl (C=O) groups excluding carboxylic acids is 2. The number of anilines is 1. The fourth-order valence-corrected chi connectivity index (χ4v) is 5.24. The smallest absolute Gasteiger partial charge is 0.277 e. The number of hydrogen-bond acceptors (Lipinski definition) is 7. The molecule has 2 aliphatic rings. The molecule has 3 N–H and O–H groups in total. The maximum absolute atomic E-state index is 13.3. The van der Waals surface area contributed by atoms with E-state index in [1.807, 2.05) is 30.3 Å². The summed E-state index contributed by atoms with van der Waals surface area (Å²) in [4.78, 5) is 26.3. The number of nitrogens with one attached hydrogen (secondary N) is 3. The summed E-state index contributed by atoms with van der Waals surface area (Å²) in [5, 5.41) is 6.05. The maximum Gasteiger partial charge on any atom is 0.277 e. The molecule has 0 aliphatic carbocycles. The molecule has 0 saturated carbocycles. The lowest BCUT2D eigenvalue weighted by Gasteiger charge is -2.34. The molecule has 2 heterocycles. The Bertz CT molecular complexity index is 1200. The van der Waals surface area contributed by atoms with Crippen LogP contribution in [0.15, 0.2) is 65.9 Å². The third kappa shape index (κ3) is 3.94. The zero-order valence-corrected chi connectivity index (χ0v) is 18.6. The van der Waals surface area contributed by atoms with Gasteiger partial charge in [-0.05, 0) is 24.6 Å². The summed E-state index contributed by atoms with van der Waals surface area (Å²) in [6.07, 6.45) is 0.457. The summed E-state index contributed by atoms with van der Waals surface area (Å²) in [6.45, 7) is 1.63. The lowest BCUT2D eigenvalue weighted by molar-refractivity contribution is -0.134. The lowest BCUT2D eigenvalue weighted by atomic mass is 9.95. The van der Waals surface area contributed by atoms with Gasteiger partial charge in [0.15, 0.2) is 9.84 Å². The molecule has 0 bridgehead atoms. The van der Waals surface area contributed by atoms with Crippen LogP contribution in [-0.4, -0.2) is 50.1 Å². The van der Waals surface area contributed by atoms with Crippen molar-refractivity contribution in [2.75, 3.05) is 18.7 Å². The number of methoxy groups -OCH3 is 1. The molecule has 0 aromatic heterocycles. The highest BCUT2D eigenvalue weighted by Crippen LogP contribution is 2.36. The third-order valence-corrected chi connectivity index (χ3v) is 6.90. The van der Waals surface area contributed by atoms with E-state index in [4.69, 9.17) is 4.74 Å². The fraction of sp³-hybridized carbons (Fsp3) is 0.273. The van der Waals surface area contributed by atoms with Crippen LogP contribution in [-0.2, 0) is 19.4 Å². The van der Waals surface area contributed by atoms with Gasteiger partial charge in [0.05, 0.1) is 13.0 Å². The van der Waals surface area contributed by atoms with Crippen LogP contribution in [0.5, 0.6) is 5.75 Å². The number of fused-ring (bicyclic) bond motifs is 1. The molecular weight excluding hydrogens is 432 g/mol. The standard InChI is InChI=1S/C22H24N4O5S/c1-13-17(20(27)24-15-10-7-11-16(12-15)31-2)22(28)26-19(23-13)18(14-8-5-4-6-9-14)21(25-26)32(3,29)30/h4-12,18-19,21,23,25H,1-3H3,(H,24,27). The second kappa shape index (κ2) is 8.29. The molecule has 2 amide bonds. The van der Waals surface area contributed by atoms with Gasteiger partial charge in [0.25, 0.3) is 11.8 Å². The molecule has 0 spiro atoms. The molecule has 3 atom stereocenters. The Morgan fingerprint density at radius 3 is 2.50 bits per heavy atom. The second-order valence-corrected chi connectivity index (χ2v) is 9.93. The first-order valence-electron chi connectivity index (χ1n) is 9.97. The first kappa shape index (κ1) is 21.8. The van der Waals surface area contributed by atoms with Crippen molar-refractivity contribution in [1.82, 2.24) is 15.8 Å². The van der Waals surface area contributed by atoms with Crippen molar-refractivity contribution < 1.29 is 22.7 Å². The van der Waals surface area contributed by atoms with E-state index in [9.17, 15) is 18.0 Å². The Labute approximate surface area is 186 Å². The van der Waals surface area contributed by atoms with Crippen LogP contribution in [0.4, 0.5) is 5.69 Å². The van der Waals surface area contributed by atoms with E-state index in [2.05, 4.69) is 16.1 Å². The van der Waals surface area contributed by atoms with E-state index < -0.39 is 39.1 Å². The van der Waals surface area contributed by atoms with E-state index in [0.717, 1.165) is 11.8 Å². The number of benzene rings is 2. The monoisotopic (exact) mass is 456 g/mol. The molecule has 2 aliphatic heterocycles. The van der Waals surface area contributed by atoms with E-state index in [-0.39, 0.29) is 5.57 Å². The molecule has 0 radical (unpaired) electrons. The van der Waals surface area contributed by atoms with Gasteiger partial charge in [0.1, 0.15) is 22.9 Å². The minimum Gasteiger partial charge on any atom is -0.497 e. The lowest BCUT2D eigenvalue weighted by Crippen LogP contribution is -2.56. The molecule has 1 fully saturated rings. The van der Waals surface area contributed by atoms with Gasteiger partial charge in [-0.15, -0.1) is 0 Å². The molecule has 10 heteroatoms. The third-order valence-electron chi connectivity index (χ3n) is 5.58. The normalized spacial score (nSPS) is 22.9. The van der Waals surface area contributed by atoms with Crippen LogP contribution < -0.4 is 20.8 Å². The summed E-state index contributed by atoms with van der Waals surface area (Å²) in [5.74, 6) is -1.20. The van der Waals surface area contributed by atoms with Crippen molar-refractivity contribution in [1.29, 1.82) is 0 Å². The van der Waals surface area contributed by atoms with Crippen molar-refractivity contribution in [2.24, 2.45) is 0 Å². The van der Waals surface area contributed by atoms with Crippen molar-refractivity contribution in [3.8, 4) is 5.75 Å². The van der Waals surface area contributed by atoms with Crippen LogP contribution >= 0.6 is 0 Å². The zero-order chi connectivity index (χ0) is 23.0. The van der Waals surface area contributed by atoms with Crippen LogP contribution in [0, 0.1) is 0 Å². The number of rotatable bonds is 5. The van der Waals surface area contributed by atoms with E-state index >= 15 is 0 Å². The Balaban J connectivity index is 1.66. The van der Waals surface area contributed by atoms with Gasteiger partial charge in [-0.1, -0.05) is 36.4 Å².